The molecule has 2 aromatic rings. The van der Waals surface area contributed by atoms with Crippen LogP contribution in [0.2, 0.25) is 0 Å². The highest BCUT2D eigenvalue weighted by atomic mass is 19.4. The Morgan fingerprint density at radius 2 is 1.81 bits per heavy atom. The number of benzene rings is 2. The van der Waals surface area contributed by atoms with Crippen molar-refractivity contribution in [3.8, 4) is 11.5 Å². The van der Waals surface area contributed by atoms with Gasteiger partial charge in [0, 0.05) is 0 Å². The van der Waals surface area contributed by atoms with Gasteiger partial charge in [-0.1, -0.05) is 12.1 Å². The molecule has 0 saturated carbocycles. The van der Waals surface area contributed by atoms with Gasteiger partial charge in [0.05, 0.1) is 16.8 Å². The summed E-state index contributed by atoms with van der Waals surface area (Å²) in [6.07, 6.45) is -5.94. The average Bonchev–Trinajstić information content (AvgIpc) is 3.08. The molecule has 9 heteroatoms. The van der Waals surface area contributed by atoms with Crippen molar-refractivity contribution >= 4 is 17.6 Å². The van der Waals surface area contributed by atoms with Crippen LogP contribution in [0, 0.1) is 0 Å². The Bertz CT molecular complexity index is 882. The van der Waals surface area contributed by atoms with E-state index in [1.54, 1.807) is 0 Å². The number of amides is 1. The average molecular weight is 381 g/mol. The Hall–Kier alpha value is -3.23. The van der Waals surface area contributed by atoms with Crippen LogP contribution in [-0.2, 0) is 15.7 Å². The molecule has 0 radical (unpaired) electrons. The van der Waals surface area contributed by atoms with E-state index in [0.717, 1.165) is 12.1 Å². The third kappa shape index (κ3) is 4.13. The van der Waals surface area contributed by atoms with E-state index in [1.807, 2.05) is 0 Å². The molecule has 3 rings (SSSR count). The SMILES string of the molecule is CC(OC(=O)c1ccc2c(c1)OCO2)C(=O)Nc1ccccc1C(F)(F)F. The van der Waals surface area contributed by atoms with Crippen molar-refractivity contribution in [3.05, 3.63) is 53.6 Å². The summed E-state index contributed by atoms with van der Waals surface area (Å²) in [5.74, 6) is -0.873. The van der Waals surface area contributed by atoms with Crippen LogP contribution in [0.15, 0.2) is 42.5 Å². The first kappa shape index (κ1) is 18.6. The molecule has 1 atom stereocenters. The standard InChI is InChI=1S/C18H14F3NO5/c1-10(16(23)22-13-5-3-2-4-12(13)18(19,20)21)27-17(24)11-6-7-14-15(8-11)26-9-25-14/h2-8,10H,9H2,1H3,(H,22,23). The summed E-state index contributed by atoms with van der Waals surface area (Å²) in [6, 6.07) is 8.87. The summed E-state index contributed by atoms with van der Waals surface area (Å²) in [6.45, 7) is 1.29. The maximum absolute atomic E-state index is 13.0. The molecular weight excluding hydrogens is 367 g/mol. The van der Waals surface area contributed by atoms with E-state index >= 15 is 0 Å². The molecule has 0 fully saturated rings. The molecule has 1 amide bonds. The fourth-order valence-corrected chi connectivity index (χ4v) is 2.38. The minimum Gasteiger partial charge on any atom is -0.454 e. The molecule has 1 aliphatic rings. The van der Waals surface area contributed by atoms with E-state index in [0.29, 0.717) is 11.5 Å². The quantitative estimate of drug-likeness (QED) is 0.819. The van der Waals surface area contributed by atoms with Gasteiger partial charge in [0.1, 0.15) is 0 Å². The fraction of sp³-hybridized carbons (Fsp3) is 0.222. The number of carbonyl (C=O) groups is 2. The third-order valence-corrected chi connectivity index (χ3v) is 3.75. The van der Waals surface area contributed by atoms with Gasteiger partial charge in [-0.2, -0.15) is 13.2 Å². The van der Waals surface area contributed by atoms with Crippen molar-refractivity contribution in [2.45, 2.75) is 19.2 Å². The van der Waals surface area contributed by atoms with Crippen LogP contribution in [0.25, 0.3) is 0 Å². The number of carbonyl (C=O) groups excluding carboxylic acids is 2. The van der Waals surface area contributed by atoms with Gasteiger partial charge in [0.25, 0.3) is 5.91 Å². The van der Waals surface area contributed by atoms with Crippen LogP contribution in [0.4, 0.5) is 18.9 Å². The van der Waals surface area contributed by atoms with Crippen molar-refractivity contribution in [1.29, 1.82) is 0 Å². The van der Waals surface area contributed by atoms with Gasteiger partial charge < -0.3 is 19.5 Å². The topological polar surface area (TPSA) is 73.9 Å². The lowest BCUT2D eigenvalue weighted by atomic mass is 10.1. The third-order valence-electron chi connectivity index (χ3n) is 3.75. The number of esters is 1. The zero-order chi connectivity index (χ0) is 19.6. The monoisotopic (exact) mass is 381 g/mol. The van der Waals surface area contributed by atoms with Crippen molar-refractivity contribution in [1.82, 2.24) is 0 Å². The van der Waals surface area contributed by atoms with E-state index in [-0.39, 0.29) is 12.4 Å². The van der Waals surface area contributed by atoms with Gasteiger partial charge in [0.15, 0.2) is 17.6 Å². The summed E-state index contributed by atoms with van der Waals surface area (Å²) in [5.41, 5.74) is -1.29. The summed E-state index contributed by atoms with van der Waals surface area (Å²) in [4.78, 5) is 24.3. The predicted octanol–water partition coefficient (Wildman–Crippen LogP) is 3.62. The smallest absolute Gasteiger partial charge is 0.418 e. The molecular formula is C18H14F3NO5. The van der Waals surface area contributed by atoms with Crippen LogP contribution in [0.1, 0.15) is 22.8 Å². The Morgan fingerprint density at radius 3 is 2.56 bits per heavy atom. The highest BCUT2D eigenvalue weighted by molar-refractivity contribution is 5.98. The molecule has 142 valence electrons. The summed E-state index contributed by atoms with van der Waals surface area (Å²) in [7, 11) is 0. The zero-order valence-corrected chi connectivity index (χ0v) is 14.0. The van der Waals surface area contributed by atoms with Crippen LogP contribution in [0.5, 0.6) is 11.5 Å². The number of nitrogens with one attached hydrogen (secondary N) is 1. The molecule has 0 aliphatic carbocycles. The van der Waals surface area contributed by atoms with E-state index in [1.165, 1.54) is 37.3 Å². The second kappa shape index (κ2) is 7.18. The van der Waals surface area contributed by atoms with Crippen LogP contribution >= 0.6 is 0 Å². The molecule has 0 spiro atoms. The number of hydrogen-bond acceptors (Lipinski definition) is 5. The summed E-state index contributed by atoms with van der Waals surface area (Å²) < 4.78 is 54.2. The molecule has 1 aliphatic heterocycles. The molecule has 2 aromatic carbocycles. The number of hydrogen-bond donors (Lipinski definition) is 1. The van der Waals surface area contributed by atoms with Crippen LogP contribution < -0.4 is 14.8 Å². The Morgan fingerprint density at radius 1 is 1.11 bits per heavy atom. The zero-order valence-electron chi connectivity index (χ0n) is 14.0. The number of fused-ring (bicyclic) bond motifs is 1. The van der Waals surface area contributed by atoms with Crippen molar-refractivity contribution < 1.29 is 37.0 Å². The van der Waals surface area contributed by atoms with Gasteiger partial charge in [-0.3, -0.25) is 4.79 Å². The largest absolute Gasteiger partial charge is 0.454 e. The minimum absolute atomic E-state index is 0.0330. The first-order valence-electron chi connectivity index (χ1n) is 7.83. The van der Waals surface area contributed by atoms with E-state index in [2.05, 4.69) is 5.32 Å². The van der Waals surface area contributed by atoms with Gasteiger partial charge in [-0.15, -0.1) is 0 Å². The number of halogens is 3. The lowest BCUT2D eigenvalue weighted by Gasteiger charge is -2.17. The maximum Gasteiger partial charge on any atom is 0.418 e. The first-order valence-corrected chi connectivity index (χ1v) is 7.83. The van der Waals surface area contributed by atoms with E-state index < -0.39 is 35.4 Å². The Kier molecular flexibility index (Phi) is 4.93. The lowest BCUT2D eigenvalue weighted by Crippen LogP contribution is -2.30. The first-order chi connectivity index (χ1) is 12.8. The number of anilines is 1. The van der Waals surface area contributed by atoms with Crippen molar-refractivity contribution in [2.75, 3.05) is 12.1 Å². The van der Waals surface area contributed by atoms with Gasteiger partial charge in [0.2, 0.25) is 6.79 Å². The Balaban J connectivity index is 1.67. The number of alkyl halides is 3. The van der Waals surface area contributed by atoms with E-state index in [4.69, 9.17) is 14.2 Å². The molecule has 27 heavy (non-hydrogen) atoms. The highest BCUT2D eigenvalue weighted by Crippen LogP contribution is 2.35. The number of ether oxygens (including phenoxy) is 3. The summed E-state index contributed by atoms with van der Waals surface area (Å²) >= 11 is 0. The summed E-state index contributed by atoms with van der Waals surface area (Å²) in [5, 5.41) is 2.13. The lowest BCUT2D eigenvalue weighted by molar-refractivity contribution is -0.137. The highest BCUT2D eigenvalue weighted by Gasteiger charge is 2.34. The van der Waals surface area contributed by atoms with Crippen LogP contribution in [-0.4, -0.2) is 24.8 Å². The molecule has 1 N–H and O–H groups in total. The molecule has 0 saturated heterocycles. The normalized spacial score (nSPS) is 13.8. The molecule has 1 unspecified atom stereocenters. The number of para-hydroxylation sites is 1. The van der Waals surface area contributed by atoms with Crippen molar-refractivity contribution in [2.24, 2.45) is 0 Å². The molecule has 0 bridgehead atoms. The van der Waals surface area contributed by atoms with Gasteiger partial charge in [-0.05, 0) is 37.3 Å². The van der Waals surface area contributed by atoms with Crippen molar-refractivity contribution in [3.63, 3.8) is 0 Å². The Labute approximate surface area is 151 Å². The predicted molar refractivity (Wildman–Crippen MR) is 87.5 cm³/mol. The second-order valence-electron chi connectivity index (χ2n) is 5.65. The molecule has 1 heterocycles. The fourth-order valence-electron chi connectivity index (χ4n) is 2.38. The van der Waals surface area contributed by atoms with Crippen LogP contribution in [0.3, 0.4) is 0 Å². The maximum atomic E-state index is 13.0. The minimum atomic E-state index is -4.63. The molecule has 0 aromatic heterocycles. The molecule has 6 nitrogen and oxygen atoms in total. The second-order valence-corrected chi connectivity index (χ2v) is 5.65. The van der Waals surface area contributed by atoms with Gasteiger partial charge >= 0.3 is 12.1 Å². The van der Waals surface area contributed by atoms with E-state index in [9.17, 15) is 22.8 Å². The van der Waals surface area contributed by atoms with Gasteiger partial charge in [-0.25, -0.2) is 4.79 Å². The number of rotatable bonds is 4.